The van der Waals surface area contributed by atoms with Gasteiger partial charge in [-0.05, 0) is 91.9 Å². The number of nitrogens with zero attached hydrogens (tertiary/aromatic N) is 3. The molecule has 318 valence electrons. The first-order valence-corrected chi connectivity index (χ1v) is 20.2. The third-order valence-electron chi connectivity index (χ3n) is 11.0. The zero-order chi connectivity index (χ0) is 42.4. The number of halogens is 5. The zero-order valence-electron chi connectivity index (χ0n) is 32.9. The molecule has 16 heteroatoms. The number of hydrogen-bond donors (Lipinski definition) is 1. The molecule has 4 heterocycles. The molecule has 2 aliphatic rings. The molecule has 1 fully saturated rings. The van der Waals surface area contributed by atoms with Gasteiger partial charge in [0.2, 0.25) is 0 Å². The van der Waals surface area contributed by atoms with Gasteiger partial charge in [0.25, 0.3) is 5.56 Å². The molecule has 1 unspecified atom stereocenters. The third-order valence-corrected chi connectivity index (χ3v) is 11.2. The zero-order valence-corrected chi connectivity index (χ0v) is 33.7. The number of piperidine rings is 1. The first-order chi connectivity index (χ1) is 28.8. The number of hydrogen-bond acceptors (Lipinski definition) is 9. The van der Waals surface area contributed by atoms with Crippen LogP contribution in [-0.4, -0.2) is 46.2 Å². The Kier molecular flexibility index (Phi) is 13.3. The van der Waals surface area contributed by atoms with Gasteiger partial charge in [0.1, 0.15) is 29.5 Å². The van der Waals surface area contributed by atoms with Gasteiger partial charge in [0.05, 0.1) is 55.7 Å². The summed E-state index contributed by atoms with van der Waals surface area (Å²) in [6.07, 6.45) is -3.79. The van der Waals surface area contributed by atoms with Crippen molar-refractivity contribution >= 4 is 17.6 Å². The number of esters is 1. The molecule has 0 amide bonds. The predicted octanol–water partition coefficient (Wildman–Crippen LogP) is 7.74. The van der Waals surface area contributed by atoms with E-state index < -0.39 is 52.6 Å². The molecule has 3 aromatic carbocycles. The minimum absolute atomic E-state index is 0.110. The van der Waals surface area contributed by atoms with E-state index in [1.807, 2.05) is 30.3 Å². The van der Waals surface area contributed by atoms with Crippen molar-refractivity contribution in [1.29, 1.82) is 0 Å². The van der Waals surface area contributed by atoms with Crippen molar-refractivity contribution in [1.82, 2.24) is 19.4 Å². The summed E-state index contributed by atoms with van der Waals surface area (Å²) in [6, 6.07) is 22.0. The highest BCUT2D eigenvalue weighted by molar-refractivity contribution is 6.28. The van der Waals surface area contributed by atoms with Crippen LogP contribution in [0.5, 0.6) is 5.75 Å². The molecular weight excluding hydrogens is 808 g/mol. The van der Waals surface area contributed by atoms with Crippen LogP contribution in [0.3, 0.4) is 0 Å². The monoisotopic (exact) mass is 852 g/mol. The van der Waals surface area contributed by atoms with Crippen LogP contribution in [-0.2, 0) is 58.9 Å². The average molecular weight is 853 g/mol. The smallest absolute Gasteiger partial charge is 0.416 e. The van der Waals surface area contributed by atoms with Gasteiger partial charge in [-0.2, -0.15) is 13.2 Å². The molecule has 1 atom stereocenters. The highest BCUT2D eigenvalue weighted by Gasteiger charge is 2.47. The summed E-state index contributed by atoms with van der Waals surface area (Å²) < 4.78 is 83.6. The lowest BCUT2D eigenvalue weighted by Gasteiger charge is -2.38. The van der Waals surface area contributed by atoms with E-state index in [0.29, 0.717) is 56.0 Å². The van der Waals surface area contributed by atoms with Crippen molar-refractivity contribution in [2.24, 2.45) is 0 Å². The standard InChI is InChI=1S/C44H45ClF4N4O7/c1-2-57-39(54)15-8-20-50-36(30-11-6-12-31(23-30)58-27-29-9-4-3-5-10-29)26-53-41(55)40-37(52(42(53)56)25-33-34(44(47,48)49)13-7-14-35(33)46)28-59-43(40)18-21-51(22-19-43)24-32-16-17-38(45)60-32/h3-7,9-14,16-17,23,36,50H,2,8,15,18-22,24-28H2,1H3. The van der Waals surface area contributed by atoms with Gasteiger partial charge in [-0.25, -0.2) is 9.18 Å². The molecule has 5 aromatic rings. The van der Waals surface area contributed by atoms with Gasteiger partial charge < -0.3 is 23.9 Å². The Morgan fingerprint density at radius 1 is 0.967 bits per heavy atom. The Bertz CT molecular complexity index is 2410. The predicted molar refractivity (Wildman–Crippen MR) is 214 cm³/mol. The largest absolute Gasteiger partial charge is 0.489 e. The van der Waals surface area contributed by atoms with Crippen LogP contribution in [0, 0.1) is 5.82 Å². The fraction of sp³-hybridized carbons (Fsp3) is 0.386. The van der Waals surface area contributed by atoms with Crippen LogP contribution >= 0.6 is 11.6 Å². The van der Waals surface area contributed by atoms with Crippen LogP contribution in [0.1, 0.15) is 77.9 Å². The molecule has 7 rings (SSSR count). The molecule has 2 aliphatic heterocycles. The number of benzene rings is 3. The summed E-state index contributed by atoms with van der Waals surface area (Å²) in [5, 5.41) is 3.63. The van der Waals surface area contributed by atoms with Crippen molar-refractivity contribution in [3.05, 3.63) is 156 Å². The van der Waals surface area contributed by atoms with Crippen molar-refractivity contribution in [3.8, 4) is 5.75 Å². The first-order valence-electron chi connectivity index (χ1n) is 19.8. The number of carbonyl (C=O) groups excluding carboxylic acids is 1. The summed E-state index contributed by atoms with van der Waals surface area (Å²) in [7, 11) is 0. The highest BCUT2D eigenvalue weighted by atomic mass is 35.5. The van der Waals surface area contributed by atoms with E-state index in [2.05, 4.69) is 10.2 Å². The van der Waals surface area contributed by atoms with Crippen molar-refractivity contribution in [2.75, 3.05) is 26.2 Å². The fourth-order valence-corrected chi connectivity index (χ4v) is 8.16. The Morgan fingerprint density at radius 3 is 2.45 bits per heavy atom. The van der Waals surface area contributed by atoms with Gasteiger partial charge in [0.15, 0.2) is 5.22 Å². The number of likely N-dealkylation sites (tertiary alicyclic amines) is 1. The SMILES string of the molecule is CCOC(=O)CCCNC(Cn1c(=O)c2c(n(Cc3c(F)cccc3C(F)(F)F)c1=O)COC21CCN(Cc2ccc(Cl)o2)CC1)c1cccc(OCc2ccccc2)c1. The van der Waals surface area contributed by atoms with E-state index in [0.717, 1.165) is 32.9 Å². The second-order valence-corrected chi connectivity index (χ2v) is 15.3. The van der Waals surface area contributed by atoms with Gasteiger partial charge in [-0.1, -0.05) is 48.5 Å². The number of furan rings is 1. The number of rotatable bonds is 16. The normalized spacial score (nSPS) is 15.6. The maximum atomic E-state index is 15.4. The number of ether oxygens (including phenoxy) is 3. The summed E-state index contributed by atoms with van der Waals surface area (Å²) in [5.74, 6) is -0.346. The van der Waals surface area contributed by atoms with Gasteiger partial charge in [-0.3, -0.25) is 23.6 Å². The van der Waals surface area contributed by atoms with E-state index in [4.69, 9.17) is 30.2 Å². The second-order valence-electron chi connectivity index (χ2n) is 14.9. The van der Waals surface area contributed by atoms with Gasteiger partial charge in [-0.15, -0.1) is 0 Å². The number of carbonyl (C=O) groups is 1. The molecular formula is C44H45ClF4N4O7. The maximum absolute atomic E-state index is 15.4. The lowest BCUT2D eigenvalue weighted by atomic mass is 9.85. The Morgan fingerprint density at radius 2 is 1.73 bits per heavy atom. The Labute approximate surface area is 348 Å². The number of alkyl halides is 3. The Balaban J connectivity index is 1.27. The van der Waals surface area contributed by atoms with E-state index in [1.165, 1.54) is 0 Å². The third kappa shape index (κ3) is 9.70. The summed E-state index contributed by atoms with van der Waals surface area (Å²) in [5.41, 5.74) is -2.84. The Hall–Kier alpha value is -5.22. The molecule has 0 saturated carbocycles. The van der Waals surface area contributed by atoms with Crippen LogP contribution < -0.4 is 21.3 Å². The van der Waals surface area contributed by atoms with E-state index in [9.17, 15) is 27.6 Å². The van der Waals surface area contributed by atoms with Crippen LogP contribution in [0.2, 0.25) is 5.22 Å². The minimum Gasteiger partial charge on any atom is -0.489 e. The van der Waals surface area contributed by atoms with Crippen LogP contribution in [0.4, 0.5) is 17.6 Å². The number of nitrogens with one attached hydrogen (secondary N) is 1. The average Bonchev–Trinajstić information content (AvgIpc) is 3.82. The fourth-order valence-electron chi connectivity index (χ4n) is 7.99. The summed E-state index contributed by atoms with van der Waals surface area (Å²) in [6.45, 7) is 2.58. The molecule has 1 N–H and O–H groups in total. The van der Waals surface area contributed by atoms with Crippen molar-refractivity contribution < 1.29 is 41.0 Å². The minimum atomic E-state index is -4.92. The molecule has 0 radical (unpaired) electrons. The topological polar surface area (TPSA) is 117 Å². The second kappa shape index (κ2) is 18.6. The number of aromatic nitrogens is 2. The van der Waals surface area contributed by atoms with Gasteiger partial charge in [0, 0.05) is 25.1 Å². The summed E-state index contributed by atoms with van der Waals surface area (Å²) >= 11 is 5.99. The van der Waals surface area contributed by atoms with E-state index >= 15 is 4.39 Å². The number of fused-ring (bicyclic) bond motifs is 2. The van der Waals surface area contributed by atoms with E-state index in [1.54, 1.807) is 43.3 Å². The summed E-state index contributed by atoms with van der Waals surface area (Å²) in [4.78, 5) is 43.8. The molecule has 1 saturated heterocycles. The van der Waals surface area contributed by atoms with E-state index in [-0.39, 0.29) is 61.8 Å². The molecule has 2 aromatic heterocycles. The first kappa shape index (κ1) is 42.9. The quantitative estimate of drug-likeness (QED) is 0.0605. The van der Waals surface area contributed by atoms with Crippen LogP contribution in [0.15, 0.2) is 98.9 Å². The van der Waals surface area contributed by atoms with Gasteiger partial charge >= 0.3 is 17.8 Å². The highest BCUT2D eigenvalue weighted by Crippen LogP contribution is 2.43. The lowest BCUT2D eigenvalue weighted by Crippen LogP contribution is -2.50. The molecule has 60 heavy (non-hydrogen) atoms. The maximum Gasteiger partial charge on any atom is 0.416 e. The molecule has 1 spiro atoms. The molecule has 0 aliphatic carbocycles. The van der Waals surface area contributed by atoms with Crippen molar-refractivity contribution in [3.63, 3.8) is 0 Å². The lowest BCUT2D eigenvalue weighted by molar-refractivity contribution is -0.143. The van der Waals surface area contributed by atoms with Crippen molar-refractivity contribution in [2.45, 2.75) is 83.3 Å². The molecule has 0 bridgehead atoms. The molecule has 11 nitrogen and oxygen atoms in total. The van der Waals surface area contributed by atoms with Crippen LogP contribution in [0.25, 0.3) is 0 Å².